The lowest BCUT2D eigenvalue weighted by Crippen LogP contribution is -2.23. The van der Waals surface area contributed by atoms with Crippen molar-refractivity contribution in [2.24, 2.45) is 7.05 Å². The van der Waals surface area contributed by atoms with Gasteiger partial charge in [0.2, 0.25) is 0 Å². The second kappa shape index (κ2) is 8.61. The minimum atomic E-state index is -0.358. The van der Waals surface area contributed by atoms with Gasteiger partial charge in [0.05, 0.1) is 23.4 Å². The van der Waals surface area contributed by atoms with Crippen LogP contribution in [0.5, 0.6) is 11.5 Å². The van der Waals surface area contributed by atoms with E-state index in [0.717, 1.165) is 21.4 Å². The molecule has 0 saturated heterocycles. The highest BCUT2D eigenvalue weighted by Crippen LogP contribution is 2.32. The highest BCUT2D eigenvalue weighted by atomic mass is 35.5. The minimum Gasteiger partial charge on any atom is -0.496 e. The molecule has 158 valence electrons. The number of methoxy groups -OCH3 is 1. The van der Waals surface area contributed by atoms with Crippen LogP contribution in [0.4, 0.5) is 0 Å². The molecule has 0 aliphatic heterocycles. The number of pyridine rings is 1. The number of hydrogen-bond acceptors (Lipinski definition) is 6. The number of halogens is 1. The lowest BCUT2D eigenvalue weighted by molar-refractivity contribution is 0.294. The van der Waals surface area contributed by atoms with Crippen LogP contribution >= 0.6 is 11.6 Å². The number of benzene rings is 2. The molecule has 0 radical (unpaired) electrons. The van der Waals surface area contributed by atoms with Gasteiger partial charge in [-0.1, -0.05) is 23.7 Å². The molecule has 0 fully saturated rings. The van der Waals surface area contributed by atoms with Crippen molar-refractivity contribution in [2.45, 2.75) is 13.5 Å². The molecule has 0 saturated carbocycles. The van der Waals surface area contributed by atoms with Gasteiger partial charge in [0.15, 0.2) is 0 Å². The molecule has 0 aliphatic carbocycles. The van der Waals surface area contributed by atoms with Crippen molar-refractivity contribution >= 4 is 11.6 Å². The molecular weight excluding hydrogens is 418 g/mol. The molecule has 0 spiro atoms. The SMILES string of the molecule is COc1cccc(-n2nnn(C)c2=O)c1COc1ccc(-c2cnccc2Cl)cc1C. The molecule has 8 nitrogen and oxygen atoms in total. The third kappa shape index (κ3) is 4.02. The quantitative estimate of drug-likeness (QED) is 0.458. The van der Waals surface area contributed by atoms with Gasteiger partial charge in [0.1, 0.15) is 18.1 Å². The molecule has 0 bridgehead atoms. The highest BCUT2D eigenvalue weighted by Gasteiger charge is 2.16. The fourth-order valence-electron chi connectivity index (χ4n) is 3.27. The fourth-order valence-corrected chi connectivity index (χ4v) is 3.49. The van der Waals surface area contributed by atoms with Crippen molar-refractivity contribution in [3.63, 3.8) is 0 Å². The summed E-state index contributed by atoms with van der Waals surface area (Å²) in [6.07, 6.45) is 3.39. The van der Waals surface area contributed by atoms with Crippen molar-refractivity contribution in [2.75, 3.05) is 7.11 Å². The van der Waals surface area contributed by atoms with Gasteiger partial charge in [-0.3, -0.25) is 4.98 Å². The largest absolute Gasteiger partial charge is 0.496 e. The Morgan fingerprint density at radius 3 is 2.61 bits per heavy atom. The third-order valence-electron chi connectivity index (χ3n) is 4.90. The Hall–Kier alpha value is -3.65. The molecule has 0 unspecified atom stereocenters. The molecular formula is C22H20ClN5O3. The zero-order valence-electron chi connectivity index (χ0n) is 17.2. The van der Waals surface area contributed by atoms with E-state index in [1.54, 1.807) is 44.8 Å². The number of aryl methyl sites for hydroxylation is 2. The van der Waals surface area contributed by atoms with Crippen LogP contribution in [0.1, 0.15) is 11.1 Å². The molecule has 31 heavy (non-hydrogen) atoms. The standard InChI is InChI=1S/C22H20ClN5O3/c1-14-11-15(16-12-24-10-9-18(16)23)7-8-20(14)31-13-17-19(5-4-6-21(17)30-3)28-22(29)27(2)25-26-28/h4-12H,13H2,1-3H3. The monoisotopic (exact) mass is 437 g/mol. The van der Waals surface area contributed by atoms with Crippen LogP contribution in [0.15, 0.2) is 59.7 Å². The Bertz CT molecular complexity index is 1300. The first-order valence-corrected chi connectivity index (χ1v) is 9.86. The summed E-state index contributed by atoms with van der Waals surface area (Å²) in [5, 5.41) is 8.36. The Labute approximate surface area is 183 Å². The van der Waals surface area contributed by atoms with Crippen LogP contribution < -0.4 is 15.2 Å². The Morgan fingerprint density at radius 2 is 1.94 bits per heavy atom. The average Bonchev–Trinajstić information content (AvgIpc) is 3.11. The number of nitrogens with zero attached hydrogens (tertiary/aromatic N) is 5. The molecule has 9 heteroatoms. The second-order valence-electron chi connectivity index (χ2n) is 6.88. The summed E-state index contributed by atoms with van der Waals surface area (Å²) < 4.78 is 14.0. The smallest absolute Gasteiger partial charge is 0.368 e. The van der Waals surface area contributed by atoms with E-state index < -0.39 is 0 Å². The number of ether oxygens (including phenoxy) is 2. The van der Waals surface area contributed by atoms with E-state index in [1.807, 2.05) is 31.2 Å². The van der Waals surface area contributed by atoms with Crippen LogP contribution in [0, 0.1) is 6.92 Å². The Morgan fingerprint density at radius 1 is 1.10 bits per heavy atom. The van der Waals surface area contributed by atoms with Crippen molar-refractivity contribution in [1.82, 2.24) is 24.8 Å². The molecule has 4 rings (SSSR count). The van der Waals surface area contributed by atoms with Gasteiger partial charge in [0.25, 0.3) is 0 Å². The summed E-state index contributed by atoms with van der Waals surface area (Å²) in [6.45, 7) is 2.13. The molecule has 0 atom stereocenters. The number of rotatable bonds is 6. The number of hydrogen-bond donors (Lipinski definition) is 0. The van der Waals surface area contributed by atoms with Gasteiger partial charge in [-0.25, -0.2) is 4.79 Å². The van der Waals surface area contributed by atoms with E-state index in [1.165, 1.54) is 4.68 Å². The molecule has 0 amide bonds. The topological polar surface area (TPSA) is 84.1 Å². The maximum Gasteiger partial charge on any atom is 0.368 e. The van der Waals surface area contributed by atoms with Crippen LogP contribution in [0.25, 0.3) is 16.8 Å². The normalized spacial score (nSPS) is 10.8. The zero-order valence-corrected chi connectivity index (χ0v) is 18.0. The van der Waals surface area contributed by atoms with E-state index in [2.05, 4.69) is 15.4 Å². The predicted octanol–water partition coefficient (Wildman–Crippen LogP) is 3.58. The first-order valence-electron chi connectivity index (χ1n) is 9.48. The van der Waals surface area contributed by atoms with Crippen molar-refractivity contribution in [3.05, 3.63) is 81.5 Å². The van der Waals surface area contributed by atoms with Gasteiger partial charge < -0.3 is 9.47 Å². The van der Waals surface area contributed by atoms with E-state index >= 15 is 0 Å². The van der Waals surface area contributed by atoms with Gasteiger partial charge in [-0.2, -0.15) is 9.36 Å². The summed E-state index contributed by atoms with van der Waals surface area (Å²) >= 11 is 6.29. The predicted molar refractivity (Wildman–Crippen MR) is 117 cm³/mol. The number of tetrazole rings is 1. The first kappa shape index (κ1) is 20.6. The van der Waals surface area contributed by atoms with Crippen LogP contribution in [-0.4, -0.2) is 31.9 Å². The van der Waals surface area contributed by atoms with Crippen LogP contribution in [0.2, 0.25) is 5.02 Å². The van der Waals surface area contributed by atoms with Crippen molar-refractivity contribution in [3.8, 4) is 28.3 Å². The maximum absolute atomic E-state index is 12.4. The molecule has 2 aromatic carbocycles. The summed E-state index contributed by atoms with van der Waals surface area (Å²) in [5.74, 6) is 1.29. The maximum atomic E-state index is 12.4. The van der Waals surface area contributed by atoms with Gasteiger partial charge in [0, 0.05) is 25.0 Å². The Kier molecular flexibility index (Phi) is 5.73. The first-order chi connectivity index (χ1) is 15.0. The highest BCUT2D eigenvalue weighted by molar-refractivity contribution is 6.33. The molecule has 2 heterocycles. The summed E-state index contributed by atoms with van der Waals surface area (Å²) in [4.78, 5) is 16.5. The lowest BCUT2D eigenvalue weighted by atomic mass is 10.0. The second-order valence-corrected chi connectivity index (χ2v) is 7.29. The third-order valence-corrected chi connectivity index (χ3v) is 5.23. The van der Waals surface area contributed by atoms with E-state index in [0.29, 0.717) is 27.8 Å². The minimum absolute atomic E-state index is 0.177. The summed E-state index contributed by atoms with van der Waals surface area (Å²) in [5.41, 5.74) is 3.62. The fraction of sp³-hybridized carbons (Fsp3) is 0.182. The van der Waals surface area contributed by atoms with Gasteiger partial charge >= 0.3 is 5.69 Å². The molecule has 0 N–H and O–H groups in total. The van der Waals surface area contributed by atoms with E-state index in [4.69, 9.17) is 21.1 Å². The Balaban J connectivity index is 1.65. The lowest BCUT2D eigenvalue weighted by Gasteiger charge is -2.15. The van der Waals surface area contributed by atoms with Crippen molar-refractivity contribution in [1.29, 1.82) is 0 Å². The molecule has 2 aromatic heterocycles. The summed E-state index contributed by atoms with van der Waals surface area (Å²) in [7, 11) is 3.11. The van der Waals surface area contributed by atoms with E-state index in [9.17, 15) is 4.79 Å². The van der Waals surface area contributed by atoms with E-state index in [-0.39, 0.29) is 12.3 Å². The molecule has 4 aromatic rings. The van der Waals surface area contributed by atoms with Crippen LogP contribution in [0.3, 0.4) is 0 Å². The molecule has 0 aliphatic rings. The van der Waals surface area contributed by atoms with Crippen LogP contribution in [-0.2, 0) is 13.7 Å². The average molecular weight is 438 g/mol. The number of aromatic nitrogens is 5. The van der Waals surface area contributed by atoms with Crippen molar-refractivity contribution < 1.29 is 9.47 Å². The van der Waals surface area contributed by atoms with Gasteiger partial charge in [-0.15, -0.1) is 0 Å². The summed E-state index contributed by atoms with van der Waals surface area (Å²) in [6, 6.07) is 12.9. The zero-order chi connectivity index (χ0) is 22.0. The van der Waals surface area contributed by atoms with Gasteiger partial charge in [-0.05, 0) is 58.8 Å².